The van der Waals surface area contributed by atoms with Crippen LogP contribution in [0, 0.1) is 0 Å². The molecule has 1 atom stereocenters. The van der Waals surface area contributed by atoms with Crippen LogP contribution in [0.3, 0.4) is 0 Å². The van der Waals surface area contributed by atoms with Gasteiger partial charge in [-0.25, -0.2) is 4.79 Å². The highest BCUT2D eigenvalue weighted by molar-refractivity contribution is 5.77. The summed E-state index contributed by atoms with van der Waals surface area (Å²) in [7, 11) is 1.41. The minimum atomic E-state index is -0.360. The molecule has 3 heteroatoms. The number of likely N-dealkylation sites (N-methyl/N-ethyl adjacent to an activating group) is 1. The zero-order valence-corrected chi connectivity index (χ0v) is 10.1. The molecule has 0 spiro atoms. The summed E-state index contributed by atoms with van der Waals surface area (Å²) in [5.74, 6) is -0.244. The molecule has 0 saturated carbocycles. The fourth-order valence-corrected chi connectivity index (χ4v) is 1.61. The summed E-state index contributed by atoms with van der Waals surface area (Å²) in [6.07, 6.45) is 1.00. The normalized spacial score (nSPS) is 12.2. The van der Waals surface area contributed by atoms with Gasteiger partial charge in [-0.2, -0.15) is 0 Å². The van der Waals surface area contributed by atoms with E-state index in [0.717, 1.165) is 18.5 Å². The number of esters is 1. The molecule has 0 amide bonds. The van der Waals surface area contributed by atoms with E-state index in [2.05, 4.69) is 12.2 Å². The summed E-state index contributed by atoms with van der Waals surface area (Å²) in [5, 5.41) is 3.11. The molecule has 0 saturated heterocycles. The summed E-state index contributed by atoms with van der Waals surface area (Å²) >= 11 is 0. The lowest BCUT2D eigenvalue weighted by molar-refractivity contribution is -0.143. The molecule has 1 aromatic rings. The van der Waals surface area contributed by atoms with E-state index >= 15 is 0 Å². The smallest absolute Gasteiger partial charge is 0.327 e. The molecule has 1 aromatic carbocycles. The molecule has 0 aliphatic heterocycles. The van der Waals surface area contributed by atoms with E-state index in [1.54, 1.807) is 0 Å². The minimum absolute atomic E-state index is 0.244. The van der Waals surface area contributed by atoms with Crippen LogP contribution < -0.4 is 5.32 Å². The first-order chi connectivity index (χ1) is 7.72. The van der Waals surface area contributed by atoms with Crippen LogP contribution in [0.25, 0.3) is 0 Å². The van der Waals surface area contributed by atoms with Gasteiger partial charge in [0.25, 0.3) is 0 Å². The predicted octanol–water partition coefficient (Wildman–Crippen LogP) is 2.07. The fraction of sp³-hybridized carbons (Fsp3) is 0.462. The Bertz CT molecular complexity index is 332. The number of benzene rings is 1. The molecule has 1 N–H and O–H groups in total. The van der Waals surface area contributed by atoms with E-state index in [9.17, 15) is 4.79 Å². The fourth-order valence-electron chi connectivity index (χ4n) is 1.61. The van der Waals surface area contributed by atoms with Gasteiger partial charge in [0.05, 0.1) is 7.11 Å². The quantitative estimate of drug-likeness (QED) is 0.774. The van der Waals surface area contributed by atoms with Gasteiger partial charge >= 0.3 is 5.97 Å². The highest BCUT2D eigenvalue weighted by Gasteiger charge is 2.19. The number of methoxy groups -OCH3 is 1. The molecule has 0 aliphatic carbocycles. The lowest BCUT2D eigenvalue weighted by Crippen LogP contribution is -2.29. The highest BCUT2D eigenvalue weighted by atomic mass is 16.5. The van der Waals surface area contributed by atoms with E-state index in [4.69, 9.17) is 4.74 Å². The van der Waals surface area contributed by atoms with Gasteiger partial charge in [-0.1, -0.05) is 38.1 Å². The lowest BCUT2D eigenvalue weighted by atomic mass is 10.0. The third-order valence-corrected chi connectivity index (χ3v) is 2.57. The molecule has 0 radical (unpaired) electrons. The standard InChI is InChI=1S/C13H19NO2/c1-4-10-6-8-11(9-7-10)12(14-5-2)13(15)16-3/h6-9,12,14H,4-5H2,1-3H3. The second-order valence-electron chi connectivity index (χ2n) is 3.61. The van der Waals surface area contributed by atoms with Crippen LogP contribution in [0.5, 0.6) is 0 Å². The number of carbonyl (C=O) groups excluding carboxylic acids is 1. The predicted molar refractivity (Wildman–Crippen MR) is 64.3 cm³/mol. The zero-order chi connectivity index (χ0) is 12.0. The maximum absolute atomic E-state index is 11.6. The van der Waals surface area contributed by atoms with Gasteiger partial charge in [0.2, 0.25) is 0 Å². The Kier molecular flexibility index (Phi) is 4.99. The second kappa shape index (κ2) is 6.28. The largest absolute Gasteiger partial charge is 0.468 e. The van der Waals surface area contributed by atoms with Gasteiger partial charge in [0, 0.05) is 0 Å². The molecule has 0 heterocycles. The van der Waals surface area contributed by atoms with Crippen molar-refractivity contribution in [2.45, 2.75) is 26.3 Å². The van der Waals surface area contributed by atoms with Crippen LogP contribution in [-0.4, -0.2) is 19.6 Å². The van der Waals surface area contributed by atoms with Gasteiger partial charge in [-0.15, -0.1) is 0 Å². The van der Waals surface area contributed by atoms with Gasteiger partial charge in [-0.05, 0) is 24.1 Å². The molecular weight excluding hydrogens is 202 g/mol. The van der Waals surface area contributed by atoms with E-state index in [0.29, 0.717) is 0 Å². The number of hydrogen-bond acceptors (Lipinski definition) is 3. The Hall–Kier alpha value is -1.35. The summed E-state index contributed by atoms with van der Waals surface area (Å²) in [4.78, 5) is 11.6. The highest BCUT2D eigenvalue weighted by Crippen LogP contribution is 2.15. The SMILES string of the molecule is CCNC(C(=O)OC)c1ccc(CC)cc1. The molecule has 1 rings (SSSR count). The summed E-state index contributed by atoms with van der Waals surface area (Å²) in [6, 6.07) is 7.68. The maximum Gasteiger partial charge on any atom is 0.327 e. The molecule has 3 nitrogen and oxygen atoms in total. The monoisotopic (exact) mass is 221 g/mol. The van der Waals surface area contributed by atoms with E-state index in [1.165, 1.54) is 12.7 Å². The van der Waals surface area contributed by atoms with Crippen molar-refractivity contribution in [1.82, 2.24) is 5.32 Å². The van der Waals surface area contributed by atoms with E-state index < -0.39 is 0 Å². The Balaban J connectivity index is 2.87. The van der Waals surface area contributed by atoms with Gasteiger partial charge in [0.1, 0.15) is 6.04 Å². The number of rotatable bonds is 5. The molecule has 1 unspecified atom stereocenters. The van der Waals surface area contributed by atoms with Crippen LogP contribution in [-0.2, 0) is 16.0 Å². The van der Waals surface area contributed by atoms with Crippen molar-refractivity contribution < 1.29 is 9.53 Å². The molecule has 0 bridgehead atoms. The molecule has 0 aromatic heterocycles. The van der Waals surface area contributed by atoms with Crippen LogP contribution in [0.2, 0.25) is 0 Å². The number of carbonyl (C=O) groups is 1. The topological polar surface area (TPSA) is 38.3 Å². The summed E-state index contributed by atoms with van der Waals surface area (Å²) in [5.41, 5.74) is 2.22. The second-order valence-corrected chi connectivity index (χ2v) is 3.61. The van der Waals surface area contributed by atoms with Gasteiger partial charge < -0.3 is 10.1 Å². The number of hydrogen-bond donors (Lipinski definition) is 1. The van der Waals surface area contributed by atoms with Crippen molar-refractivity contribution in [2.75, 3.05) is 13.7 Å². The van der Waals surface area contributed by atoms with Crippen LogP contribution in [0.15, 0.2) is 24.3 Å². The van der Waals surface area contributed by atoms with Crippen molar-refractivity contribution in [3.8, 4) is 0 Å². The Morgan fingerprint density at radius 3 is 2.38 bits per heavy atom. The van der Waals surface area contributed by atoms with Crippen LogP contribution in [0.4, 0.5) is 0 Å². The minimum Gasteiger partial charge on any atom is -0.468 e. The molecule has 0 aliphatic rings. The first-order valence-electron chi connectivity index (χ1n) is 5.63. The van der Waals surface area contributed by atoms with Crippen molar-refractivity contribution in [3.05, 3.63) is 35.4 Å². The molecule has 88 valence electrons. The van der Waals surface area contributed by atoms with Crippen LogP contribution >= 0.6 is 0 Å². The average molecular weight is 221 g/mol. The number of nitrogens with one attached hydrogen (secondary N) is 1. The Labute approximate surface area is 96.8 Å². The van der Waals surface area contributed by atoms with Gasteiger partial charge in [-0.3, -0.25) is 0 Å². The lowest BCUT2D eigenvalue weighted by Gasteiger charge is -2.15. The summed E-state index contributed by atoms with van der Waals surface area (Å²) in [6.45, 7) is 4.81. The van der Waals surface area contributed by atoms with Crippen molar-refractivity contribution in [3.63, 3.8) is 0 Å². The molecule has 16 heavy (non-hydrogen) atoms. The third kappa shape index (κ3) is 3.07. The van der Waals surface area contributed by atoms with Crippen molar-refractivity contribution >= 4 is 5.97 Å². The van der Waals surface area contributed by atoms with Crippen LogP contribution in [0.1, 0.15) is 31.0 Å². The third-order valence-electron chi connectivity index (χ3n) is 2.57. The zero-order valence-electron chi connectivity index (χ0n) is 10.1. The first kappa shape index (κ1) is 12.7. The Morgan fingerprint density at radius 2 is 1.94 bits per heavy atom. The number of ether oxygens (including phenoxy) is 1. The van der Waals surface area contributed by atoms with E-state index in [1.807, 2.05) is 31.2 Å². The van der Waals surface area contributed by atoms with Crippen molar-refractivity contribution in [2.24, 2.45) is 0 Å². The Morgan fingerprint density at radius 1 is 1.31 bits per heavy atom. The molecular formula is C13H19NO2. The first-order valence-corrected chi connectivity index (χ1v) is 5.63. The maximum atomic E-state index is 11.6. The van der Waals surface area contributed by atoms with Gasteiger partial charge in [0.15, 0.2) is 0 Å². The average Bonchev–Trinajstić information content (AvgIpc) is 2.35. The number of aryl methyl sites for hydroxylation is 1. The van der Waals surface area contributed by atoms with Crippen molar-refractivity contribution in [1.29, 1.82) is 0 Å². The molecule has 0 fully saturated rings. The summed E-state index contributed by atoms with van der Waals surface area (Å²) < 4.78 is 4.77. The van der Waals surface area contributed by atoms with E-state index in [-0.39, 0.29) is 12.0 Å².